The Bertz CT molecular complexity index is 1740. The summed E-state index contributed by atoms with van der Waals surface area (Å²) in [7, 11) is 0. The molecule has 0 aliphatic carbocycles. The Morgan fingerprint density at radius 3 is 2.39 bits per heavy atom. The number of hydrogen-bond acceptors (Lipinski definition) is 4. The molecule has 0 radical (unpaired) electrons. The van der Waals surface area contributed by atoms with Crippen LogP contribution in [0.5, 0.6) is 5.75 Å². The van der Waals surface area contributed by atoms with Gasteiger partial charge in [-0.25, -0.2) is 18.6 Å². The SMILES string of the molecule is CCOc1ccc(-n2c(C(C)N(Cc3ccccc3)C(=O)Nc3ccc(F)cc3F)nc3ccccc3c2=O)cc1. The summed E-state index contributed by atoms with van der Waals surface area (Å²) in [6.07, 6.45) is 0. The zero-order chi connectivity index (χ0) is 28.9. The second-order valence-corrected chi connectivity index (χ2v) is 9.40. The van der Waals surface area contributed by atoms with Gasteiger partial charge < -0.3 is 15.0 Å². The van der Waals surface area contributed by atoms with Gasteiger partial charge in [0.05, 0.1) is 34.9 Å². The molecule has 0 aliphatic heterocycles. The third kappa shape index (κ3) is 5.94. The number of ether oxygens (including phenoxy) is 1. The standard InChI is InChI=1S/C32H28F2N4O3/c1-3-41-25-16-14-24(15-17-25)38-30(35-28-12-8-7-11-26(28)31(38)39)21(2)37(20-22-9-5-4-6-10-22)32(40)36-29-18-13-23(33)19-27(29)34/h4-19,21H,3,20H2,1-2H3,(H,36,40). The average molecular weight is 555 g/mol. The summed E-state index contributed by atoms with van der Waals surface area (Å²) in [5.74, 6) is -0.696. The first-order valence-corrected chi connectivity index (χ1v) is 13.2. The molecule has 41 heavy (non-hydrogen) atoms. The van der Waals surface area contributed by atoms with E-state index >= 15 is 0 Å². The first-order chi connectivity index (χ1) is 19.9. The van der Waals surface area contributed by atoms with E-state index in [1.165, 1.54) is 9.47 Å². The lowest BCUT2D eigenvalue weighted by atomic mass is 10.1. The van der Waals surface area contributed by atoms with E-state index in [0.717, 1.165) is 17.7 Å². The normalized spacial score (nSPS) is 11.7. The Kier molecular flexibility index (Phi) is 8.05. The van der Waals surface area contributed by atoms with Gasteiger partial charge in [-0.2, -0.15) is 0 Å². The van der Waals surface area contributed by atoms with Crippen molar-refractivity contribution in [2.75, 3.05) is 11.9 Å². The molecule has 5 aromatic rings. The molecule has 0 saturated heterocycles. The highest BCUT2D eigenvalue weighted by molar-refractivity contribution is 5.89. The van der Waals surface area contributed by atoms with Crippen LogP contribution in [0.3, 0.4) is 0 Å². The molecule has 0 bridgehead atoms. The predicted molar refractivity (Wildman–Crippen MR) is 154 cm³/mol. The fraction of sp³-hybridized carbons (Fsp3) is 0.156. The largest absolute Gasteiger partial charge is 0.494 e. The van der Waals surface area contributed by atoms with Crippen LogP contribution in [0.15, 0.2) is 102 Å². The van der Waals surface area contributed by atoms with E-state index < -0.39 is 23.7 Å². The van der Waals surface area contributed by atoms with Crippen molar-refractivity contribution in [1.82, 2.24) is 14.5 Å². The van der Waals surface area contributed by atoms with E-state index in [9.17, 15) is 18.4 Å². The number of amides is 2. The fourth-order valence-corrected chi connectivity index (χ4v) is 4.62. The molecule has 7 nitrogen and oxygen atoms in total. The van der Waals surface area contributed by atoms with Crippen LogP contribution < -0.4 is 15.6 Å². The molecule has 208 valence electrons. The second kappa shape index (κ2) is 12.0. The van der Waals surface area contributed by atoms with Crippen LogP contribution in [0.1, 0.15) is 31.3 Å². The van der Waals surface area contributed by atoms with E-state index in [1.54, 1.807) is 55.5 Å². The molecule has 1 unspecified atom stereocenters. The number of nitrogens with one attached hydrogen (secondary N) is 1. The molecule has 0 aliphatic rings. The maximum atomic E-state index is 14.5. The van der Waals surface area contributed by atoms with Crippen molar-refractivity contribution in [1.29, 1.82) is 0 Å². The molecule has 2 amide bonds. The van der Waals surface area contributed by atoms with Gasteiger partial charge in [-0.3, -0.25) is 9.36 Å². The van der Waals surface area contributed by atoms with Crippen molar-refractivity contribution in [2.45, 2.75) is 26.4 Å². The number of para-hydroxylation sites is 1. The van der Waals surface area contributed by atoms with Crippen molar-refractivity contribution in [3.63, 3.8) is 0 Å². The number of aromatic nitrogens is 2. The van der Waals surface area contributed by atoms with Crippen LogP contribution in [0.4, 0.5) is 19.3 Å². The minimum Gasteiger partial charge on any atom is -0.494 e. The number of nitrogens with zero attached hydrogens (tertiary/aromatic N) is 3. The Balaban J connectivity index is 1.63. The average Bonchev–Trinajstić information content (AvgIpc) is 2.98. The van der Waals surface area contributed by atoms with Gasteiger partial charge in [-0.05, 0) is 67.9 Å². The van der Waals surface area contributed by atoms with Gasteiger partial charge in [0, 0.05) is 12.6 Å². The number of carbonyl (C=O) groups excluding carboxylic acids is 1. The summed E-state index contributed by atoms with van der Waals surface area (Å²) in [5, 5.41) is 2.98. The van der Waals surface area contributed by atoms with Crippen molar-refractivity contribution in [2.24, 2.45) is 0 Å². The molecule has 9 heteroatoms. The Morgan fingerprint density at radius 1 is 0.976 bits per heavy atom. The topological polar surface area (TPSA) is 76.5 Å². The molecule has 5 rings (SSSR count). The zero-order valence-corrected chi connectivity index (χ0v) is 22.6. The summed E-state index contributed by atoms with van der Waals surface area (Å²) in [6.45, 7) is 4.26. The maximum absolute atomic E-state index is 14.5. The number of fused-ring (bicyclic) bond motifs is 1. The van der Waals surface area contributed by atoms with Crippen LogP contribution in [-0.2, 0) is 6.54 Å². The lowest BCUT2D eigenvalue weighted by molar-refractivity contribution is 0.185. The van der Waals surface area contributed by atoms with Crippen LogP contribution in [0, 0.1) is 11.6 Å². The van der Waals surface area contributed by atoms with E-state index in [2.05, 4.69) is 5.32 Å². The van der Waals surface area contributed by atoms with Gasteiger partial charge >= 0.3 is 6.03 Å². The van der Waals surface area contributed by atoms with Gasteiger partial charge in [-0.15, -0.1) is 0 Å². The number of hydrogen-bond donors (Lipinski definition) is 1. The lowest BCUT2D eigenvalue weighted by Gasteiger charge is -2.31. The van der Waals surface area contributed by atoms with Gasteiger partial charge in [-0.1, -0.05) is 42.5 Å². The van der Waals surface area contributed by atoms with Crippen LogP contribution in [-0.4, -0.2) is 27.1 Å². The Morgan fingerprint density at radius 2 is 1.68 bits per heavy atom. The van der Waals surface area contributed by atoms with Crippen molar-refractivity contribution >= 4 is 22.6 Å². The first kappa shape index (κ1) is 27.5. The van der Waals surface area contributed by atoms with Crippen LogP contribution >= 0.6 is 0 Å². The molecule has 1 aromatic heterocycles. The summed E-state index contributed by atoms with van der Waals surface area (Å²) in [5.41, 5.74) is 1.36. The second-order valence-electron chi connectivity index (χ2n) is 9.40. The van der Waals surface area contributed by atoms with E-state index in [0.29, 0.717) is 40.8 Å². The molecular weight excluding hydrogens is 526 g/mol. The van der Waals surface area contributed by atoms with Crippen molar-refractivity contribution in [3.8, 4) is 11.4 Å². The third-order valence-corrected chi connectivity index (χ3v) is 6.68. The Labute approximate surface area is 235 Å². The zero-order valence-electron chi connectivity index (χ0n) is 22.6. The van der Waals surface area contributed by atoms with Gasteiger partial charge in [0.15, 0.2) is 0 Å². The minimum absolute atomic E-state index is 0.128. The summed E-state index contributed by atoms with van der Waals surface area (Å²) >= 11 is 0. The molecule has 1 N–H and O–H groups in total. The quantitative estimate of drug-likeness (QED) is 0.227. The first-order valence-electron chi connectivity index (χ1n) is 13.2. The predicted octanol–water partition coefficient (Wildman–Crippen LogP) is 6.86. The smallest absolute Gasteiger partial charge is 0.322 e. The lowest BCUT2D eigenvalue weighted by Crippen LogP contribution is -2.39. The molecule has 1 atom stereocenters. The van der Waals surface area contributed by atoms with E-state index in [1.807, 2.05) is 37.3 Å². The van der Waals surface area contributed by atoms with Gasteiger partial charge in [0.1, 0.15) is 23.2 Å². The number of carbonyl (C=O) groups is 1. The van der Waals surface area contributed by atoms with Crippen molar-refractivity contribution < 1.29 is 18.3 Å². The number of rotatable bonds is 8. The number of benzene rings is 4. The summed E-state index contributed by atoms with van der Waals surface area (Å²) < 4.78 is 35.0. The minimum atomic E-state index is -0.902. The van der Waals surface area contributed by atoms with Crippen LogP contribution in [0.25, 0.3) is 16.6 Å². The fourth-order valence-electron chi connectivity index (χ4n) is 4.62. The summed E-state index contributed by atoms with van der Waals surface area (Å²) in [4.78, 5) is 33.9. The molecule has 4 aromatic carbocycles. The monoisotopic (exact) mass is 554 g/mol. The molecular formula is C32H28F2N4O3. The van der Waals surface area contributed by atoms with E-state index in [4.69, 9.17) is 9.72 Å². The maximum Gasteiger partial charge on any atom is 0.322 e. The third-order valence-electron chi connectivity index (χ3n) is 6.68. The highest BCUT2D eigenvalue weighted by atomic mass is 19.1. The number of urea groups is 1. The van der Waals surface area contributed by atoms with Crippen molar-refractivity contribution in [3.05, 3.63) is 130 Å². The molecule has 0 fully saturated rings. The highest BCUT2D eigenvalue weighted by Gasteiger charge is 2.28. The van der Waals surface area contributed by atoms with Gasteiger partial charge in [0.25, 0.3) is 5.56 Å². The van der Waals surface area contributed by atoms with E-state index in [-0.39, 0.29) is 17.8 Å². The molecule has 1 heterocycles. The van der Waals surface area contributed by atoms with Gasteiger partial charge in [0.2, 0.25) is 0 Å². The highest BCUT2D eigenvalue weighted by Crippen LogP contribution is 2.27. The Hall–Kier alpha value is -5.05. The molecule has 0 spiro atoms. The number of anilines is 1. The molecule has 0 saturated carbocycles. The summed E-state index contributed by atoms with van der Waals surface area (Å²) in [6, 6.07) is 24.8. The van der Waals surface area contributed by atoms with Crippen LogP contribution in [0.2, 0.25) is 0 Å². The number of halogens is 2.